The molecule has 0 aliphatic heterocycles. The Morgan fingerprint density at radius 3 is 1.98 bits per heavy atom. The molecule has 0 unspecified atom stereocenters. The van der Waals surface area contributed by atoms with Gasteiger partial charge in [0.05, 0.1) is 13.7 Å². The maximum absolute atomic E-state index is 13.3. The van der Waals surface area contributed by atoms with Crippen LogP contribution in [0.15, 0.2) is 91.0 Å². The minimum absolute atomic E-state index is 0.0457. The van der Waals surface area contributed by atoms with Gasteiger partial charge in [0.15, 0.2) is 0 Å². The number of nitrogens with one attached hydrogen (secondary N) is 4. The summed E-state index contributed by atoms with van der Waals surface area (Å²) in [7, 11) is 1.26. The number of methoxy groups -OCH3 is 1. The number of amides is 3. The number of rotatable bonds is 18. The maximum Gasteiger partial charge on any atom is 0.409 e. The third-order valence-corrected chi connectivity index (χ3v) is 7.78. The maximum atomic E-state index is 13.3. The van der Waals surface area contributed by atoms with Gasteiger partial charge in [0.25, 0.3) is 0 Å². The molecule has 3 aromatic carbocycles. The summed E-state index contributed by atoms with van der Waals surface area (Å²) in [5.74, 6) is -1.74. The van der Waals surface area contributed by atoms with Gasteiger partial charge in [0, 0.05) is 25.8 Å². The van der Waals surface area contributed by atoms with Gasteiger partial charge in [-0.15, -0.1) is 0 Å². The van der Waals surface area contributed by atoms with Crippen LogP contribution in [0.5, 0.6) is 0 Å². The number of hydrogen-bond acceptors (Lipinski definition) is 8. The van der Waals surface area contributed by atoms with Gasteiger partial charge in [-0.25, -0.2) is 9.59 Å². The van der Waals surface area contributed by atoms with Gasteiger partial charge in [-0.2, -0.15) is 0 Å². The van der Waals surface area contributed by atoms with Gasteiger partial charge in [0.2, 0.25) is 11.8 Å². The Bertz CT molecular complexity index is 1410. The van der Waals surface area contributed by atoms with Crippen molar-refractivity contribution in [1.29, 1.82) is 0 Å². The van der Waals surface area contributed by atoms with Crippen LogP contribution in [0.1, 0.15) is 43.4 Å². The number of benzene rings is 3. The van der Waals surface area contributed by atoms with E-state index in [9.17, 15) is 24.3 Å². The van der Waals surface area contributed by atoms with E-state index in [1.807, 2.05) is 105 Å². The second-order valence-electron chi connectivity index (χ2n) is 11.5. The van der Waals surface area contributed by atoms with Gasteiger partial charge in [-0.1, -0.05) is 111 Å². The number of ether oxygens (including phenoxy) is 2. The zero-order valence-electron chi connectivity index (χ0n) is 27.2. The molecule has 47 heavy (non-hydrogen) atoms. The first-order chi connectivity index (χ1) is 22.6. The van der Waals surface area contributed by atoms with Crippen LogP contribution < -0.4 is 21.3 Å². The lowest BCUT2D eigenvalue weighted by molar-refractivity contribution is -0.145. The van der Waals surface area contributed by atoms with E-state index in [1.165, 1.54) is 7.11 Å². The van der Waals surface area contributed by atoms with Crippen LogP contribution in [0.2, 0.25) is 0 Å². The summed E-state index contributed by atoms with van der Waals surface area (Å²) >= 11 is 0. The molecule has 0 saturated heterocycles. The number of carbonyl (C=O) groups excluding carboxylic acids is 4. The third kappa shape index (κ3) is 12.9. The summed E-state index contributed by atoms with van der Waals surface area (Å²) in [5, 5.41) is 22.5. The first-order valence-electron chi connectivity index (χ1n) is 15.8. The Balaban J connectivity index is 1.57. The van der Waals surface area contributed by atoms with Crippen LogP contribution in [0.4, 0.5) is 4.79 Å². The van der Waals surface area contributed by atoms with Crippen molar-refractivity contribution < 1.29 is 33.8 Å². The second kappa shape index (κ2) is 19.0. The van der Waals surface area contributed by atoms with Crippen molar-refractivity contribution in [3.8, 4) is 0 Å². The topological polar surface area (TPSA) is 155 Å². The van der Waals surface area contributed by atoms with Crippen molar-refractivity contribution in [2.45, 2.75) is 63.9 Å². The average molecular weight is 647 g/mol. The fraction of sp³-hybridized carbons (Fsp3) is 0.389. The monoisotopic (exact) mass is 646 g/mol. The molecule has 0 spiro atoms. The van der Waals surface area contributed by atoms with Crippen molar-refractivity contribution in [1.82, 2.24) is 21.3 Å². The molecule has 3 aromatic rings. The quantitative estimate of drug-likeness (QED) is 0.0802. The zero-order valence-corrected chi connectivity index (χ0v) is 27.2. The molecule has 3 amide bonds. The molecule has 5 N–H and O–H groups in total. The predicted octanol–water partition coefficient (Wildman–Crippen LogP) is 3.26. The summed E-state index contributed by atoms with van der Waals surface area (Å²) in [6.07, 6.45) is 0.242. The van der Waals surface area contributed by atoms with Gasteiger partial charge >= 0.3 is 12.1 Å². The summed E-state index contributed by atoms with van der Waals surface area (Å²) in [6, 6.07) is 25.9. The summed E-state index contributed by atoms with van der Waals surface area (Å²) in [6.45, 7) is 3.81. The molecular formula is C36H46N4O7. The van der Waals surface area contributed by atoms with Crippen molar-refractivity contribution in [2.75, 3.05) is 20.2 Å². The molecule has 0 fully saturated rings. The fourth-order valence-electron chi connectivity index (χ4n) is 4.95. The highest BCUT2D eigenvalue weighted by Crippen LogP contribution is 2.16. The van der Waals surface area contributed by atoms with Crippen molar-refractivity contribution in [3.05, 3.63) is 108 Å². The summed E-state index contributed by atoms with van der Waals surface area (Å²) in [5.41, 5.74) is 0.793. The Morgan fingerprint density at radius 2 is 1.40 bits per heavy atom. The fourth-order valence-corrected chi connectivity index (χ4v) is 4.95. The molecule has 0 radical (unpaired) electrons. The van der Waals surface area contributed by atoms with E-state index in [0.29, 0.717) is 6.42 Å². The largest absolute Gasteiger partial charge is 0.467 e. The number of aliphatic hydroxyl groups is 1. The van der Waals surface area contributed by atoms with Crippen LogP contribution in [0.3, 0.4) is 0 Å². The third-order valence-electron chi connectivity index (χ3n) is 7.78. The lowest BCUT2D eigenvalue weighted by atomic mass is 9.97. The van der Waals surface area contributed by atoms with E-state index in [0.717, 1.165) is 16.7 Å². The van der Waals surface area contributed by atoms with Gasteiger partial charge in [-0.3, -0.25) is 14.9 Å². The molecule has 0 heterocycles. The lowest BCUT2D eigenvalue weighted by Crippen LogP contribution is -2.56. The smallest absolute Gasteiger partial charge is 0.409 e. The van der Waals surface area contributed by atoms with Crippen LogP contribution in [0.25, 0.3) is 0 Å². The molecule has 0 aromatic heterocycles. The van der Waals surface area contributed by atoms with Crippen molar-refractivity contribution in [2.24, 2.45) is 5.92 Å². The van der Waals surface area contributed by atoms with Crippen LogP contribution in [0, 0.1) is 5.92 Å². The van der Waals surface area contributed by atoms with E-state index in [4.69, 9.17) is 9.47 Å². The van der Waals surface area contributed by atoms with E-state index in [2.05, 4.69) is 21.3 Å². The number of carbonyl (C=O) groups is 4. The Morgan fingerprint density at radius 1 is 0.830 bits per heavy atom. The first-order valence-corrected chi connectivity index (χ1v) is 15.8. The summed E-state index contributed by atoms with van der Waals surface area (Å²) in [4.78, 5) is 51.4. The van der Waals surface area contributed by atoms with E-state index < -0.39 is 41.7 Å². The molecule has 0 bridgehead atoms. The first kappa shape index (κ1) is 36.7. The Kier molecular flexibility index (Phi) is 14.9. The SMILES string of the molecule is CC[C@H](C)[C@H](NC(=O)CNCC[C@@](O)(Cc1ccccc1)NC(=O)OCc1ccccc1)C(=O)N[C@@H](Cc1ccccc1)C(=O)OC. The van der Waals surface area contributed by atoms with Crippen LogP contribution in [-0.4, -0.2) is 67.0 Å². The van der Waals surface area contributed by atoms with E-state index in [1.54, 1.807) is 0 Å². The summed E-state index contributed by atoms with van der Waals surface area (Å²) < 4.78 is 10.2. The normalized spacial score (nSPS) is 14.0. The predicted molar refractivity (Wildman–Crippen MR) is 178 cm³/mol. The van der Waals surface area contributed by atoms with Crippen molar-refractivity contribution in [3.63, 3.8) is 0 Å². The molecule has 0 aliphatic carbocycles. The lowest BCUT2D eigenvalue weighted by Gasteiger charge is -2.29. The van der Waals surface area contributed by atoms with Gasteiger partial charge < -0.3 is 30.5 Å². The minimum atomic E-state index is -1.67. The highest BCUT2D eigenvalue weighted by atomic mass is 16.6. The Labute approximate surface area is 276 Å². The molecule has 3 rings (SSSR count). The van der Waals surface area contributed by atoms with E-state index >= 15 is 0 Å². The highest BCUT2D eigenvalue weighted by Gasteiger charge is 2.32. The molecular weight excluding hydrogens is 600 g/mol. The average Bonchev–Trinajstić information content (AvgIpc) is 3.08. The van der Waals surface area contributed by atoms with E-state index in [-0.39, 0.29) is 44.9 Å². The number of esters is 1. The molecule has 11 heteroatoms. The van der Waals surface area contributed by atoms with Gasteiger partial charge in [0.1, 0.15) is 24.4 Å². The molecule has 252 valence electrons. The molecule has 0 saturated carbocycles. The number of alkyl carbamates (subject to hydrolysis) is 1. The van der Waals surface area contributed by atoms with Crippen LogP contribution >= 0.6 is 0 Å². The number of hydrogen-bond donors (Lipinski definition) is 5. The van der Waals surface area contributed by atoms with Crippen LogP contribution in [-0.2, 0) is 43.3 Å². The Hall–Kier alpha value is -4.74. The van der Waals surface area contributed by atoms with Gasteiger partial charge in [-0.05, 0) is 22.6 Å². The standard InChI is InChI=1S/C36H46N4O7/c1-4-26(2)32(33(42)38-30(34(43)46-3)22-27-14-8-5-9-15-27)39-31(41)24-37-21-20-36(45,23-28-16-10-6-11-17-28)40-35(44)47-25-29-18-12-7-13-19-29/h5-19,26,30,32,37,45H,4,20-25H2,1-3H3,(H,38,42)(H,39,41)(H,40,44)/t26-,30-,32-,36+/m0/s1. The molecule has 11 nitrogen and oxygen atoms in total. The zero-order chi connectivity index (χ0) is 34.1. The molecule has 0 aliphatic rings. The molecule has 4 atom stereocenters. The highest BCUT2D eigenvalue weighted by molar-refractivity contribution is 5.91. The van der Waals surface area contributed by atoms with Crippen molar-refractivity contribution >= 4 is 23.9 Å². The minimum Gasteiger partial charge on any atom is -0.467 e. The second-order valence-corrected chi connectivity index (χ2v) is 11.5.